The normalized spacial score (nSPS) is 12.6. The number of rotatable bonds is 6. The zero-order chi connectivity index (χ0) is 13.0. The molecule has 0 aliphatic heterocycles. The molecule has 1 aromatic carbocycles. The van der Waals surface area contributed by atoms with Crippen LogP contribution in [0.15, 0.2) is 24.3 Å². The molecule has 0 saturated carbocycles. The standard InChI is InChI=1S/C15H19NO2/c1-3-4-11(7-8-17)15-10-12-9-13(18-2)5-6-14(12)16-15/h5-6,8-11,16H,3-4,7H2,1-2H3/t11-/m1/s1. The zero-order valence-electron chi connectivity index (χ0n) is 10.9. The van der Waals surface area contributed by atoms with Gasteiger partial charge < -0.3 is 14.5 Å². The van der Waals surface area contributed by atoms with E-state index in [4.69, 9.17) is 4.74 Å². The van der Waals surface area contributed by atoms with Crippen molar-refractivity contribution in [3.05, 3.63) is 30.0 Å². The Hall–Kier alpha value is -1.77. The summed E-state index contributed by atoms with van der Waals surface area (Å²) in [5.74, 6) is 1.15. The van der Waals surface area contributed by atoms with Crippen molar-refractivity contribution < 1.29 is 9.53 Å². The van der Waals surface area contributed by atoms with E-state index in [1.54, 1.807) is 7.11 Å². The molecule has 0 aliphatic rings. The van der Waals surface area contributed by atoms with Crippen LogP contribution in [0, 0.1) is 0 Å². The number of ether oxygens (including phenoxy) is 1. The first-order valence-corrected chi connectivity index (χ1v) is 6.38. The first kappa shape index (κ1) is 12.7. The van der Waals surface area contributed by atoms with Crippen molar-refractivity contribution in [2.75, 3.05) is 7.11 Å². The van der Waals surface area contributed by atoms with Crippen molar-refractivity contribution in [2.24, 2.45) is 0 Å². The van der Waals surface area contributed by atoms with Crippen LogP contribution >= 0.6 is 0 Å². The number of carbonyl (C=O) groups is 1. The molecule has 1 heterocycles. The van der Waals surface area contributed by atoms with E-state index in [0.717, 1.165) is 41.5 Å². The summed E-state index contributed by atoms with van der Waals surface area (Å²) in [7, 11) is 1.67. The molecule has 0 spiro atoms. The predicted octanol–water partition coefficient (Wildman–Crippen LogP) is 3.65. The van der Waals surface area contributed by atoms with E-state index in [-0.39, 0.29) is 0 Å². The van der Waals surface area contributed by atoms with Crippen LogP contribution < -0.4 is 4.74 Å². The van der Waals surface area contributed by atoms with E-state index >= 15 is 0 Å². The van der Waals surface area contributed by atoms with Gasteiger partial charge in [0.25, 0.3) is 0 Å². The highest BCUT2D eigenvalue weighted by atomic mass is 16.5. The minimum absolute atomic E-state index is 0.297. The van der Waals surface area contributed by atoms with Crippen molar-refractivity contribution >= 4 is 17.2 Å². The number of aromatic amines is 1. The monoisotopic (exact) mass is 245 g/mol. The van der Waals surface area contributed by atoms with E-state index in [0.29, 0.717) is 12.3 Å². The van der Waals surface area contributed by atoms with E-state index in [1.807, 2.05) is 18.2 Å². The summed E-state index contributed by atoms with van der Waals surface area (Å²) in [6.07, 6.45) is 3.70. The Morgan fingerprint density at radius 2 is 2.22 bits per heavy atom. The largest absolute Gasteiger partial charge is 0.497 e. The molecule has 3 heteroatoms. The number of aromatic nitrogens is 1. The van der Waals surface area contributed by atoms with Crippen LogP contribution in [0.4, 0.5) is 0 Å². The summed E-state index contributed by atoms with van der Waals surface area (Å²) in [5.41, 5.74) is 2.24. The van der Waals surface area contributed by atoms with Gasteiger partial charge >= 0.3 is 0 Å². The fourth-order valence-corrected chi connectivity index (χ4v) is 2.35. The zero-order valence-corrected chi connectivity index (χ0v) is 10.9. The number of hydrogen-bond acceptors (Lipinski definition) is 2. The third-order valence-electron chi connectivity index (χ3n) is 3.31. The highest BCUT2D eigenvalue weighted by molar-refractivity contribution is 5.82. The second-order valence-electron chi connectivity index (χ2n) is 4.57. The highest BCUT2D eigenvalue weighted by Crippen LogP contribution is 2.28. The summed E-state index contributed by atoms with van der Waals surface area (Å²) in [5, 5.41) is 1.14. The average molecular weight is 245 g/mol. The van der Waals surface area contributed by atoms with Gasteiger partial charge in [-0.05, 0) is 30.7 Å². The molecule has 3 nitrogen and oxygen atoms in total. The fraction of sp³-hybridized carbons (Fsp3) is 0.400. The van der Waals surface area contributed by atoms with Crippen LogP contribution in [0.25, 0.3) is 10.9 Å². The number of H-pyrrole nitrogens is 1. The van der Waals surface area contributed by atoms with Crippen molar-refractivity contribution in [1.82, 2.24) is 4.98 Å². The average Bonchev–Trinajstić information content (AvgIpc) is 2.81. The Labute approximate surface area is 107 Å². The van der Waals surface area contributed by atoms with Crippen molar-refractivity contribution in [1.29, 1.82) is 0 Å². The van der Waals surface area contributed by atoms with Gasteiger partial charge in [0.2, 0.25) is 0 Å². The van der Waals surface area contributed by atoms with Gasteiger partial charge in [-0.1, -0.05) is 13.3 Å². The second kappa shape index (κ2) is 5.71. The summed E-state index contributed by atoms with van der Waals surface area (Å²) in [4.78, 5) is 14.1. The molecule has 18 heavy (non-hydrogen) atoms. The van der Waals surface area contributed by atoms with Gasteiger partial charge in [0.05, 0.1) is 7.11 Å². The van der Waals surface area contributed by atoms with Gasteiger partial charge in [-0.2, -0.15) is 0 Å². The summed E-state index contributed by atoms with van der Waals surface area (Å²) in [6, 6.07) is 8.10. The quantitative estimate of drug-likeness (QED) is 0.789. The lowest BCUT2D eigenvalue weighted by Gasteiger charge is -2.10. The Kier molecular flexibility index (Phi) is 4.03. The van der Waals surface area contributed by atoms with Crippen LogP contribution in [0.2, 0.25) is 0 Å². The molecular weight excluding hydrogens is 226 g/mol. The van der Waals surface area contributed by atoms with Gasteiger partial charge in [0.15, 0.2) is 0 Å². The van der Waals surface area contributed by atoms with Crippen molar-refractivity contribution in [2.45, 2.75) is 32.1 Å². The van der Waals surface area contributed by atoms with E-state index in [9.17, 15) is 4.79 Å². The summed E-state index contributed by atoms with van der Waals surface area (Å²) in [6.45, 7) is 2.14. The molecule has 2 rings (SSSR count). The molecule has 0 aliphatic carbocycles. The van der Waals surface area contributed by atoms with Gasteiger partial charge in [-0.25, -0.2) is 0 Å². The fourth-order valence-electron chi connectivity index (χ4n) is 2.35. The smallest absolute Gasteiger partial charge is 0.120 e. The van der Waals surface area contributed by atoms with Crippen LogP contribution in [0.1, 0.15) is 37.8 Å². The maximum atomic E-state index is 10.7. The molecule has 1 aromatic heterocycles. The van der Waals surface area contributed by atoms with Gasteiger partial charge in [-0.3, -0.25) is 0 Å². The predicted molar refractivity (Wildman–Crippen MR) is 73.2 cm³/mol. The highest BCUT2D eigenvalue weighted by Gasteiger charge is 2.13. The third kappa shape index (κ3) is 2.55. The number of carbonyl (C=O) groups excluding carboxylic acids is 1. The van der Waals surface area contributed by atoms with Crippen LogP contribution in [-0.2, 0) is 4.79 Å². The molecule has 0 unspecified atom stereocenters. The van der Waals surface area contributed by atoms with E-state index < -0.39 is 0 Å². The molecule has 0 radical (unpaired) electrons. The maximum Gasteiger partial charge on any atom is 0.120 e. The number of hydrogen-bond donors (Lipinski definition) is 1. The lowest BCUT2D eigenvalue weighted by molar-refractivity contribution is -0.108. The first-order valence-electron chi connectivity index (χ1n) is 6.38. The summed E-state index contributed by atoms with van der Waals surface area (Å²) < 4.78 is 5.22. The summed E-state index contributed by atoms with van der Waals surface area (Å²) >= 11 is 0. The molecule has 0 fully saturated rings. The molecule has 0 bridgehead atoms. The Balaban J connectivity index is 2.35. The number of fused-ring (bicyclic) bond motifs is 1. The lowest BCUT2D eigenvalue weighted by Crippen LogP contribution is -1.99. The maximum absolute atomic E-state index is 10.7. The molecule has 96 valence electrons. The number of methoxy groups -OCH3 is 1. The van der Waals surface area contributed by atoms with Gasteiger partial charge in [0.1, 0.15) is 12.0 Å². The third-order valence-corrected chi connectivity index (χ3v) is 3.31. The number of nitrogens with one attached hydrogen (secondary N) is 1. The number of benzene rings is 1. The SMILES string of the molecule is CCC[C@H](CC=O)c1cc2cc(OC)ccc2[nH]1. The first-order chi connectivity index (χ1) is 8.78. The van der Waals surface area contributed by atoms with Crippen LogP contribution in [0.3, 0.4) is 0 Å². The van der Waals surface area contributed by atoms with Gasteiger partial charge in [0, 0.05) is 28.9 Å². The number of aldehydes is 1. The lowest BCUT2D eigenvalue weighted by atomic mass is 9.97. The van der Waals surface area contributed by atoms with Gasteiger partial charge in [-0.15, -0.1) is 0 Å². The Morgan fingerprint density at radius 3 is 2.89 bits per heavy atom. The second-order valence-corrected chi connectivity index (χ2v) is 4.57. The molecule has 2 aromatic rings. The minimum atomic E-state index is 0.297. The molecule has 1 atom stereocenters. The topological polar surface area (TPSA) is 42.1 Å². The molecule has 0 amide bonds. The Morgan fingerprint density at radius 1 is 1.39 bits per heavy atom. The van der Waals surface area contributed by atoms with Crippen molar-refractivity contribution in [3.8, 4) is 5.75 Å². The van der Waals surface area contributed by atoms with Crippen LogP contribution in [0.5, 0.6) is 5.75 Å². The van der Waals surface area contributed by atoms with Crippen molar-refractivity contribution in [3.63, 3.8) is 0 Å². The molecule has 0 saturated heterocycles. The molecule has 1 N–H and O–H groups in total. The van der Waals surface area contributed by atoms with Crippen LogP contribution in [-0.4, -0.2) is 18.4 Å². The molecular formula is C15H19NO2. The van der Waals surface area contributed by atoms with E-state index in [2.05, 4.69) is 18.0 Å². The van der Waals surface area contributed by atoms with E-state index in [1.165, 1.54) is 0 Å². The minimum Gasteiger partial charge on any atom is -0.497 e. The Bertz CT molecular complexity index is 530.